The Morgan fingerprint density at radius 2 is 2.22 bits per heavy atom. The van der Waals surface area contributed by atoms with E-state index in [-0.39, 0.29) is 11.3 Å². The van der Waals surface area contributed by atoms with Gasteiger partial charge in [-0.2, -0.15) is 0 Å². The van der Waals surface area contributed by atoms with Crippen LogP contribution in [0.3, 0.4) is 0 Å². The number of hydrazine groups is 1. The molecule has 0 aromatic carbocycles. The largest absolute Gasteiger partial charge is 0.294 e. The van der Waals surface area contributed by atoms with Gasteiger partial charge in [0.15, 0.2) is 0 Å². The lowest BCUT2D eigenvalue weighted by Crippen LogP contribution is -2.46. The molecule has 0 bridgehead atoms. The summed E-state index contributed by atoms with van der Waals surface area (Å²) in [5.74, 6) is 4.95. The molecule has 0 aliphatic heterocycles. The maximum absolute atomic E-state index is 10.9. The number of amides is 1. The molecule has 3 heteroatoms. The van der Waals surface area contributed by atoms with E-state index in [9.17, 15) is 4.79 Å². The first-order chi connectivity index (χ1) is 4.19. The second kappa shape index (κ2) is 1.99. The average molecular weight is 128 g/mol. The highest BCUT2D eigenvalue weighted by Gasteiger charge is 2.38. The van der Waals surface area contributed by atoms with Gasteiger partial charge in [-0.15, -0.1) is 0 Å². The van der Waals surface area contributed by atoms with Crippen molar-refractivity contribution in [2.45, 2.75) is 26.2 Å². The molecule has 1 rings (SSSR count). The van der Waals surface area contributed by atoms with Crippen molar-refractivity contribution >= 4 is 5.91 Å². The van der Waals surface area contributed by atoms with Gasteiger partial charge in [-0.1, -0.05) is 13.3 Å². The number of carbonyl (C=O) groups is 1. The van der Waals surface area contributed by atoms with E-state index >= 15 is 0 Å². The number of hydrogen-bond donors (Lipinski definition) is 2. The molecule has 1 aliphatic carbocycles. The smallest absolute Gasteiger partial charge is 0.239 e. The molecule has 0 heterocycles. The molecule has 0 radical (unpaired) electrons. The van der Waals surface area contributed by atoms with E-state index in [0.29, 0.717) is 0 Å². The van der Waals surface area contributed by atoms with Crippen molar-refractivity contribution in [3.05, 3.63) is 0 Å². The number of nitrogens with two attached hydrogens (primary N) is 1. The zero-order valence-electron chi connectivity index (χ0n) is 5.61. The summed E-state index contributed by atoms with van der Waals surface area (Å²) in [6, 6.07) is 0. The fourth-order valence-electron chi connectivity index (χ4n) is 1.11. The first kappa shape index (κ1) is 6.55. The highest BCUT2D eigenvalue weighted by atomic mass is 16.2. The molecule has 0 aromatic rings. The van der Waals surface area contributed by atoms with Crippen molar-refractivity contribution in [2.24, 2.45) is 11.3 Å². The van der Waals surface area contributed by atoms with Gasteiger partial charge < -0.3 is 0 Å². The molecule has 3 nitrogen and oxygen atoms in total. The minimum atomic E-state index is -0.144. The van der Waals surface area contributed by atoms with Gasteiger partial charge in [-0.05, 0) is 12.8 Å². The van der Waals surface area contributed by atoms with Crippen LogP contribution >= 0.6 is 0 Å². The van der Waals surface area contributed by atoms with Crippen LogP contribution < -0.4 is 11.3 Å². The number of rotatable bonds is 1. The Morgan fingerprint density at radius 3 is 2.33 bits per heavy atom. The molecule has 1 amide bonds. The lowest BCUT2D eigenvalue weighted by Gasteiger charge is -2.35. The summed E-state index contributed by atoms with van der Waals surface area (Å²) >= 11 is 0. The zero-order chi connectivity index (χ0) is 6.91. The van der Waals surface area contributed by atoms with Crippen molar-refractivity contribution in [3.8, 4) is 0 Å². The van der Waals surface area contributed by atoms with Crippen LogP contribution in [-0.2, 0) is 4.79 Å². The van der Waals surface area contributed by atoms with E-state index < -0.39 is 0 Å². The van der Waals surface area contributed by atoms with Gasteiger partial charge in [0.05, 0.1) is 0 Å². The maximum Gasteiger partial charge on any atom is 0.239 e. The Labute approximate surface area is 54.6 Å². The molecule has 1 saturated carbocycles. The Hall–Kier alpha value is -0.570. The van der Waals surface area contributed by atoms with E-state index in [1.165, 1.54) is 0 Å². The third kappa shape index (κ3) is 0.920. The molecule has 52 valence electrons. The summed E-state index contributed by atoms with van der Waals surface area (Å²) in [5.41, 5.74) is 2.02. The Morgan fingerprint density at radius 1 is 1.67 bits per heavy atom. The van der Waals surface area contributed by atoms with Crippen LogP contribution in [0.4, 0.5) is 0 Å². The summed E-state index contributed by atoms with van der Waals surface area (Å²) in [6.45, 7) is 1.94. The van der Waals surface area contributed by atoms with E-state index in [1.54, 1.807) is 0 Å². The van der Waals surface area contributed by atoms with Gasteiger partial charge in [0.1, 0.15) is 0 Å². The number of carbonyl (C=O) groups excluding carboxylic acids is 1. The minimum absolute atomic E-state index is 0.0197. The summed E-state index contributed by atoms with van der Waals surface area (Å²) in [4.78, 5) is 10.9. The van der Waals surface area contributed by atoms with E-state index in [4.69, 9.17) is 5.84 Å². The lowest BCUT2D eigenvalue weighted by molar-refractivity contribution is -0.134. The third-order valence-corrected chi connectivity index (χ3v) is 2.14. The van der Waals surface area contributed by atoms with E-state index in [2.05, 4.69) is 5.43 Å². The van der Waals surface area contributed by atoms with Gasteiger partial charge >= 0.3 is 0 Å². The third-order valence-electron chi connectivity index (χ3n) is 2.14. The standard InChI is InChI=1S/C6H12N2O/c1-6(3-2-4-6)5(9)8-7/h2-4,7H2,1H3,(H,8,9). The van der Waals surface area contributed by atoms with Gasteiger partial charge in [-0.25, -0.2) is 5.84 Å². The van der Waals surface area contributed by atoms with Gasteiger partial charge in [0.25, 0.3) is 0 Å². The van der Waals surface area contributed by atoms with Crippen LogP contribution in [0.5, 0.6) is 0 Å². The second-order valence-corrected chi connectivity index (χ2v) is 2.89. The molecule has 0 unspecified atom stereocenters. The Balaban J connectivity index is 2.49. The molecule has 0 saturated heterocycles. The van der Waals surface area contributed by atoms with Crippen LogP contribution in [-0.4, -0.2) is 5.91 Å². The van der Waals surface area contributed by atoms with Crippen molar-refractivity contribution in [1.82, 2.24) is 5.43 Å². The van der Waals surface area contributed by atoms with Crippen LogP contribution in [0.15, 0.2) is 0 Å². The van der Waals surface area contributed by atoms with Crippen LogP contribution in [0, 0.1) is 5.41 Å². The second-order valence-electron chi connectivity index (χ2n) is 2.89. The van der Waals surface area contributed by atoms with Gasteiger partial charge in [-0.3, -0.25) is 10.2 Å². The topological polar surface area (TPSA) is 55.1 Å². The maximum atomic E-state index is 10.9. The normalized spacial score (nSPS) is 22.4. The average Bonchev–Trinajstić information content (AvgIpc) is 1.81. The molecular formula is C6H12N2O. The first-order valence-corrected chi connectivity index (χ1v) is 3.20. The SMILES string of the molecule is CC1(C(=O)NN)CCC1. The van der Waals surface area contributed by atoms with Gasteiger partial charge in [0, 0.05) is 5.41 Å². The number of hydrogen-bond acceptors (Lipinski definition) is 2. The molecule has 0 spiro atoms. The summed E-state index contributed by atoms with van der Waals surface area (Å²) in [7, 11) is 0. The quantitative estimate of drug-likeness (QED) is 0.300. The van der Waals surface area contributed by atoms with Crippen LogP contribution in [0.1, 0.15) is 26.2 Å². The van der Waals surface area contributed by atoms with Crippen molar-refractivity contribution in [2.75, 3.05) is 0 Å². The molecule has 0 aromatic heterocycles. The van der Waals surface area contributed by atoms with E-state index in [0.717, 1.165) is 19.3 Å². The summed E-state index contributed by atoms with van der Waals surface area (Å²) in [5, 5.41) is 0. The minimum Gasteiger partial charge on any atom is -0.294 e. The highest BCUT2D eigenvalue weighted by Crippen LogP contribution is 2.39. The predicted molar refractivity (Wildman–Crippen MR) is 34.3 cm³/mol. The number of nitrogens with one attached hydrogen (secondary N) is 1. The molecule has 0 atom stereocenters. The summed E-state index contributed by atoms with van der Waals surface area (Å²) < 4.78 is 0. The Bertz CT molecular complexity index is 129. The predicted octanol–water partition coefficient (Wildman–Crippen LogP) is 0.166. The molecule has 1 aliphatic rings. The van der Waals surface area contributed by atoms with Crippen LogP contribution in [0.2, 0.25) is 0 Å². The van der Waals surface area contributed by atoms with Crippen molar-refractivity contribution in [3.63, 3.8) is 0 Å². The molecular weight excluding hydrogens is 116 g/mol. The van der Waals surface area contributed by atoms with Gasteiger partial charge in [0.2, 0.25) is 5.91 Å². The van der Waals surface area contributed by atoms with E-state index in [1.807, 2.05) is 6.92 Å². The molecule has 1 fully saturated rings. The van der Waals surface area contributed by atoms with Crippen molar-refractivity contribution in [1.29, 1.82) is 0 Å². The summed E-state index contributed by atoms with van der Waals surface area (Å²) in [6.07, 6.45) is 3.12. The molecule has 3 N–H and O–H groups in total. The fourth-order valence-corrected chi connectivity index (χ4v) is 1.11. The Kier molecular flexibility index (Phi) is 1.45. The molecule has 9 heavy (non-hydrogen) atoms. The first-order valence-electron chi connectivity index (χ1n) is 3.20. The zero-order valence-corrected chi connectivity index (χ0v) is 5.61. The van der Waals surface area contributed by atoms with Crippen LogP contribution in [0.25, 0.3) is 0 Å². The van der Waals surface area contributed by atoms with Crippen molar-refractivity contribution < 1.29 is 4.79 Å². The lowest BCUT2D eigenvalue weighted by atomic mass is 9.70. The monoisotopic (exact) mass is 128 g/mol. The highest BCUT2D eigenvalue weighted by molar-refractivity contribution is 5.82. The fraction of sp³-hybridized carbons (Fsp3) is 0.833.